The molecular formula is C23H28N4O2S. The quantitative estimate of drug-likeness (QED) is 0.604. The van der Waals surface area contributed by atoms with Gasteiger partial charge in [0.2, 0.25) is 5.91 Å². The molecule has 1 fully saturated rings. The number of carbonyl (C=O) groups is 1. The van der Waals surface area contributed by atoms with Gasteiger partial charge in [0.15, 0.2) is 5.13 Å². The molecule has 6 nitrogen and oxygen atoms in total. The number of aryl methyl sites for hydroxylation is 1. The van der Waals surface area contributed by atoms with Crippen LogP contribution in [-0.2, 0) is 4.79 Å². The summed E-state index contributed by atoms with van der Waals surface area (Å²) in [6.45, 7) is 9.68. The van der Waals surface area contributed by atoms with Gasteiger partial charge in [-0.3, -0.25) is 4.79 Å². The Morgan fingerprint density at radius 3 is 2.67 bits per heavy atom. The normalized spacial score (nSPS) is 13.9. The number of fused-ring (bicyclic) bond motifs is 1. The number of nitrogens with one attached hydrogen (secondary N) is 1. The molecule has 3 aromatic rings. The first-order valence-corrected chi connectivity index (χ1v) is 11.2. The third kappa shape index (κ3) is 3.94. The standard InChI is InChI=1S/C23H28N4O2S/c1-5-26(6-2)17-7-9-19(15(3)11-17)24-22(28)16-13-27(14-16)23-25-20-10-8-18(29-4)12-21(20)30-23/h7-12,16H,5-6,13-14H2,1-4H3,(H,24,28). The first-order chi connectivity index (χ1) is 14.5. The average Bonchev–Trinajstić information content (AvgIpc) is 3.12. The van der Waals surface area contributed by atoms with E-state index in [2.05, 4.69) is 41.1 Å². The van der Waals surface area contributed by atoms with Gasteiger partial charge in [0, 0.05) is 37.6 Å². The van der Waals surface area contributed by atoms with E-state index in [0.29, 0.717) is 13.1 Å². The minimum atomic E-state index is -0.0200. The molecule has 1 aliphatic heterocycles. The Labute approximate surface area is 181 Å². The van der Waals surface area contributed by atoms with Gasteiger partial charge in [-0.2, -0.15) is 0 Å². The van der Waals surface area contributed by atoms with Gasteiger partial charge in [-0.05, 0) is 62.7 Å². The number of rotatable bonds is 7. The molecule has 1 aliphatic rings. The van der Waals surface area contributed by atoms with E-state index in [1.165, 1.54) is 5.69 Å². The smallest absolute Gasteiger partial charge is 0.231 e. The van der Waals surface area contributed by atoms with Crippen molar-refractivity contribution in [2.75, 3.05) is 48.4 Å². The fourth-order valence-corrected chi connectivity index (χ4v) is 4.78. The fourth-order valence-electron chi connectivity index (χ4n) is 3.76. The van der Waals surface area contributed by atoms with Crippen molar-refractivity contribution in [3.63, 3.8) is 0 Å². The van der Waals surface area contributed by atoms with Gasteiger partial charge in [-0.15, -0.1) is 0 Å². The van der Waals surface area contributed by atoms with Gasteiger partial charge in [0.25, 0.3) is 0 Å². The number of hydrogen-bond donors (Lipinski definition) is 1. The largest absolute Gasteiger partial charge is 0.497 e. The van der Waals surface area contributed by atoms with E-state index in [1.807, 2.05) is 31.2 Å². The van der Waals surface area contributed by atoms with Gasteiger partial charge in [0.1, 0.15) is 5.75 Å². The van der Waals surface area contributed by atoms with Crippen LogP contribution in [0.15, 0.2) is 36.4 Å². The highest BCUT2D eigenvalue weighted by molar-refractivity contribution is 7.22. The zero-order valence-electron chi connectivity index (χ0n) is 17.9. The number of aromatic nitrogens is 1. The number of benzene rings is 2. The molecule has 1 N–H and O–H groups in total. The third-order valence-electron chi connectivity index (χ3n) is 5.70. The number of nitrogens with zero attached hydrogens (tertiary/aromatic N) is 3. The van der Waals surface area contributed by atoms with Crippen LogP contribution in [0.3, 0.4) is 0 Å². The molecule has 7 heteroatoms. The highest BCUT2D eigenvalue weighted by atomic mass is 32.1. The van der Waals surface area contributed by atoms with Crippen LogP contribution in [-0.4, -0.2) is 44.2 Å². The van der Waals surface area contributed by atoms with Crippen molar-refractivity contribution >= 4 is 44.0 Å². The predicted octanol–water partition coefficient (Wildman–Crippen LogP) is 4.53. The van der Waals surface area contributed by atoms with Crippen LogP contribution < -0.4 is 19.9 Å². The number of hydrogen-bond acceptors (Lipinski definition) is 6. The zero-order valence-corrected chi connectivity index (χ0v) is 18.8. The molecular weight excluding hydrogens is 396 g/mol. The molecule has 4 rings (SSSR count). The monoisotopic (exact) mass is 424 g/mol. The second kappa shape index (κ2) is 8.52. The summed E-state index contributed by atoms with van der Waals surface area (Å²) < 4.78 is 6.39. The number of carbonyl (C=O) groups excluding carboxylic acids is 1. The molecule has 0 spiro atoms. The van der Waals surface area contributed by atoms with E-state index in [4.69, 9.17) is 9.72 Å². The van der Waals surface area contributed by atoms with Crippen LogP contribution >= 0.6 is 11.3 Å². The summed E-state index contributed by atoms with van der Waals surface area (Å²) >= 11 is 1.64. The SMILES string of the molecule is CCN(CC)c1ccc(NC(=O)C2CN(c3nc4ccc(OC)cc4s3)C2)c(C)c1. The molecule has 158 valence electrons. The van der Waals surface area contributed by atoms with Crippen LogP contribution in [0.2, 0.25) is 0 Å². The maximum absolute atomic E-state index is 12.7. The first-order valence-electron chi connectivity index (χ1n) is 10.4. The van der Waals surface area contributed by atoms with Gasteiger partial charge >= 0.3 is 0 Å². The molecule has 1 saturated heterocycles. The second-order valence-electron chi connectivity index (χ2n) is 7.59. The van der Waals surface area contributed by atoms with Crippen LogP contribution in [0.25, 0.3) is 10.2 Å². The number of ether oxygens (including phenoxy) is 1. The Hall–Kier alpha value is -2.80. The van der Waals surface area contributed by atoms with Crippen LogP contribution in [0.5, 0.6) is 5.75 Å². The third-order valence-corrected chi connectivity index (χ3v) is 6.78. The maximum Gasteiger partial charge on any atom is 0.231 e. The van der Waals surface area contributed by atoms with Crippen molar-refractivity contribution < 1.29 is 9.53 Å². The Bertz CT molecular complexity index is 1050. The maximum atomic E-state index is 12.7. The van der Waals surface area contributed by atoms with Crippen LogP contribution in [0.4, 0.5) is 16.5 Å². The van der Waals surface area contributed by atoms with Crippen molar-refractivity contribution in [1.82, 2.24) is 4.98 Å². The molecule has 1 aromatic heterocycles. The second-order valence-corrected chi connectivity index (χ2v) is 8.60. The molecule has 1 amide bonds. The van der Waals surface area contributed by atoms with Gasteiger partial charge < -0.3 is 19.9 Å². The predicted molar refractivity (Wildman–Crippen MR) is 125 cm³/mol. The lowest BCUT2D eigenvalue weighted by molar-refractivity contribution is -0.120. The minimum absolute atomic E-state index is 0.0200. The lowest BCUT2D eigenvalue weighted by Crippen LogP contribution is -2.52. The summed E-state index contributed by atoms with van der Waals surface area (Å²) in [6.07, 6.45) is 0. The summed E-state index contributed by atoms with van der Waals surface area (Å²) in [5, 5.41) is 4.07. The number of methoxy groups -OCH3 is 1. The molecule has 0 aliphatic carbocycles. The van der Waals surface area contributed by atoms with E-state index >= 15 is 0 Å². The molecule has 0 saturated carbocycles. The van der Waals surface area contributed by atoms with Gasteiger partial charge in [-0.1, -0.05) is 11.3 Å². The van der Waals surface area contributed by atoms with Crippen molar-refractivity contribution in [2.45, 2.75) is 20.8 Å². The Morgan fingerprint density at radius 2 is 2.00 bits per heavy atom. The first kappa shape index (κ1) is 20.5. The Balaban J connectivity index is 1.37. The summed E-state index contributed by atoms with van der Waals surface area (Å²) in [7, 11) is 1.67. The summed E-state index contributed by atoms with van der Waals surface area (Å²) in [6, 6.07) is 12.1. The highest BCUT2D eigenvalue weighted by Crippen LogP contribution is 2.35. The van der Waals surface area contributed by atoms with E-state index in [0.717, 1.165) is 45.4 Å². The number of amides is 1. The summed E-state index contributed by atoms with van der Waals surface area (Å²) in [4.78, 5) is 21.9. The lowest BCUT2D eigenvalue weighted by Gasteiger charge is -2.38. The van der Waals surface area contributed by atoms with Crippen molar-refractivity contribution in [1.29, 1.82) is 0 Å². The molecule has 0 radical (unpaired) electrons. The van der Waals surface area contributed by atoms with Crippen LogP contribution in [0.1, 0.15) is 19.4 Å². The fraction of sp³-hybridized carbons (Fsp3) is 0.391. The lowest BCUT2D eigenvalue weighted by atomic mass is 9.99. The zero-order chi connectivity index (χ0) is 21.3. The van der Waals surface area contributed by atoms with E-state index < -0.39 is 0 Å². The molecule has 0 unspecified atom stereocenters. The van der Waals surface area contributed by atoms with E-state index in [-0.39, 0.29) is 11.8 Å². The van der Waals surface area contributed by atoms with E-state index in [1.54, 1.807) is 18.4 Å². The Morgan fingerprint density at radius 1 is 1.23 bits per heavy atom. The number of anilines is 3. The van der Waals surface area contributed by atoms with Crippen molar-refractivity contribution in [3.8, 4) is 5.75 Å². The molecule has 30 heavy (non-hydrogen) atoms. The Kier molecular flexibility index (Phi) is 5.81. The summed E-state index contributed by atoms with van der Waals surface area (Å²) in [5.74, 6) is 0.891. The molecule has 2 aromatic carbocycles. The minimum Gasteiger partial charge on any atom is -0.497 e. The highest BCUT2D eigenvalue weighted by Gasteiger charge is 2.34. The van der Waals surface area contributed by atoms with Crippen molar-refractivity contribution in [2.24, 2.45) is 5.92 Å². The number of thiazole rings is 1. The molecule has 2 heterocycles. The van der Waals surface area contributed by atoms with Crippen LogP contribution in [0, 0.1) is 12.8 Å². The summed E-state index contributed by atoms with van der Waals surface area (Å²) in [5.41, 5.74) is 4.14. The van der Waals surface area contributed by atoms with Crippen molar-refractivity contribution in [3.05, 3.63) is 42.0 Å². The molecule has 0 bridgehead atoms. The van der Waals surface area contributed by atoms with E-state index in [9.17, 15) is 4.79 Å². The molecule has 0 atom stereocenters. The van der Waals surface area contributed by atoms with Gasteiger partial charge in [-0.25, -0.2) is 4.98 Å². The topological polar surface area (TPSA) is 57.7 Å². The average molecular weight is 425 g/mol. The van der Waals surface area contributed by atoms with Gasteiger partial charge in [0.05, 0.1) is 23.2 Å².